The predicted molar refractivity (Wildman–Crippen MR) is 56.3 cm³/mol. The molecule has 0 spiro atoms. The lowest BCUT2D eigenvalue weighted by atomic mass is 10.1. The number of nitrogens with zero attached hydrogens (tertiary/aromatic N) is 1. The lowest BCUT2D eigenvalue weighted by Gasteiger charge is -2.04. The van der Waals surface area contributed by atoms with E-state index in [1.54, 1.807) is 6.07 Å². The average Bonchev–Trinajstić information content (AvgIpc) is 2.23. The number of aromatic nitrogens is 1. The van der Waals surface area contributed by atoms with E-state index in [0.717, 1.165) is 6.07 Å². The van der Waals surface area contributed by atoms with Crippen LogP contribution in [-0.2, 0) is 0 Å². The van der Waals surface area contributed by atoms with E-state index in [-0.39, 0.29) is 16.4 Å². The van der Waals surface area contributed by atoms with E-state index in [1.165, 1.54) is 12.1 Å². The average molecular weight is 242 g/mol. The van der Waals surface area contributed by atoms with Crippen LogP contribution in [0.2, 0.25) is 5.15 Å². The summed E-state index contributed by atoms with van der Waals surface area (Å²) in [5, 5.41) is 9.15. The minimum atomic E-state index is -0.904. The second kappa shape index (κ2) is 4.06. The van der Waals surface area contributed by atoms with Crippen LogP contribution in [0.3, 0.4) is 0 Å². The van der Waals surface area contributed by atoms with E-state index in [4.69, 9.17) is 16.7 Å². The fraction of sp³-hybridized carbons (Fsp3) is 0. The molecule has 82 valence electrons. The first-order valence-corrected chi connectivity index (χ1v) is 4.76. The number of benzene rings is 1. The molecular formula is C11H6ClF2NO. The van der Waals surface area contributed by atoms with E-state index >= 15 is 0 Å². The lowest BCUT2D eigenvalue weighted by Crippen LogP contribution is -1.90. The molecule has 2 aromatic rings. The Morgan fingerprint density at radius 3 is 2.56 bits per heavy atom. The zero-order valence-corrected chi connectivity index (χ0v) is 8.67. The zero-order valence-electron chi connectivity index (χ0n) is 7.92. The predicted octanol–water partition coefficient (Wildman–Crippen LogP) is 3.39. The van der Waals surface area contributed by atoms with Gasteiger partial charge in [-0.2, -0.15) is 0 Å². The first kappa shape index (κ1) is 10.8. The van der Waals surface area contributed by atoms with E-state index in [9.17, 15) is 8.78 Å². The molecule has 0 aliphatic rings. The van der Waals surface area contributed by atoms with Crippen molar-refractivity contribution in [2.24, 2.45) is 0 Å². The third-order valence-corrected chi connectivity index (χ3v) is 2.24. The van der Waals surface area contributed by atoms with E-state index in [0.29, 0.717) is 6.07 Å². The highest BCUT2D eigenvalue weighted by Gasteiger charge is 2.11. The molecule has 0 saturated carbocycles. The van der Waals surface area contributed by atoms with Crippen molar-refractivity contribution in [2.45, 2.75) is 0 Å². The molecule has 2 nitrogen and oxygen atoms in total. The Morgan fingerprint density at radius 2 is 1.88 bits per heavy atom. The SMILES string of the molecule is Oc1cc(F)c(-c2cccc(Cl)n2)cc1F. The fourth-order valence-electron chi connectivity index (χ4n) is 1.29. The minimum absolute atomic E-state index is 0.0437. The van der Waals surface area contributed by atoms with Crippen molar-refractivity contribution in [2.75, 3.05) is 0 Å². The molecule has 0 radical (unpaired) electrons. The zero-order chi connectivity index (χ0) is 11.7. The van der Waals surface area contributed by atoms with Crippen LogP contribution in [0.25, 0.3) is 11.3 Å². The van der Waals surface area contributed by atoms with Crippen molar-refractivity contribution in [3.05, 3.63) is 47.1 Å². The van der Waals surface area contributed by atoms with Crippen LogP contribution in [0.15, 0.2) is 30.3 Å². The summed E-state index contributed by atoms with van der Waals surface area (Å²) in [5.41, 5.74) is 0.168. The molecule has 0 unspecified atom stereocenters. The highest BCUT2D eigenvalue weighted by atomic mass is 35.5. The first-order chi connectivity index (χ1) is 7.58. The Labute approximate surface area is 95.1 Å². The summed E-state index contributed by atoms with van der Waals surface area (Å²) in [6, 6.07) is 6.19. The van der Waals surface area contributed by atoms with E-state index in [1.807, 2.05) is 0 Å². The van der Waals surface area contributed by atoms with Crippen LogP contribution in [0.5, 0.6) is 5.75 Å². The number of halogens is 3. The molecule has 1 aromatic heterocycles. The lowest BCUT2D eigenvalue weighted by molar-refractivity contribution is 0.427. The minimum Gasteiger partial charge on any atom is -0.505 e. The Bertz CT molecular complexity index is 546. The van der Waals surface area contributed by atoms with Gasteiger partial charge in [0.25, 0.3) is 0 Å². The number of phenols is 1. The molecular weight excluding hydrogens is 236 g/mol. The van der Waals surface area contributed by atoms with E-state index < -0.39 is 17.4 Å². The summed E-state index contributed by atoms with van der Waals surface area (Å²) in [6.45, 7) is 0. The molecule has 1 N–H and O–H groups in total. The highest BCUT2D eigenvalue weighted by molar-refractivity contribution is 6.29. The van der Waals surface area contributed by atoms with Crippen LogP contribution in [-0.4, -0.2) is 10.1 Å². The van der Waals surface area contributed by atoms with E-state index in [2.05, 4.69) is 4.98 Å². The standard InChI is InChI=1S/C11H6ClF2NO/c12-11-3-1-2-9(15-11)6-4-8(14)10(16)5-7(6)13/h1-5,16H. The molecule has 16 heavy (non-hydrogen) atoms. The van der Waals surface area contributed by atoms with Crippen molar-refractivity contribution in [3.8, 4) is 17.0 Å². The summed E-state index contributed by atoms with van der Waals surface area (Å²) >= 11 is 5.64. The second-order valence-electron chi connectivity index (χ2n) is 3.13. The van der Waals surface area contributed by atoms with Gasteiger partial charge in [-0.3, -0.25) is 0 Å². The molecule has 0 bridgehead atoms. The first-order valence-electron chi connectivity index (χ1n) is 4.39. The van der Waals surface area contributed by atoms with Gasteiger partial charge < -0.3 is 5.11 Å². The molecule has 0 amide bonds. The van der Waals surface area contributed by atoms with Crippen molar-refractivity contribution in [1.29, 1.82) is 0 Å². The third-order valence-electron chi connectivity index (χ3n) is 2.03. The van der Waals surface area contributed by atoms with Crippen LogP contribution in [0.4, 0.5) is 8.78 Å². The normalized spacial score (nSPS) is 10.4. The van der Waals surface area contributed by atoms with Crippen molar-refractivity contribution >= 4 is 11.6 Å². The molecule has 2 rings (SSSR count). The summed E-state index contributed by atoms with van der Waals surface area (Å²) in [6.07, 6.45) is 0. The van der Waals surface area contributed by atoms with Crippen molar-refractivity contribution in [1.82, 2.24) is 4.98 Å². The van der Waals surface area contributed by atoms with Crippen LogP contribution in [0, 0.1) is 11.6 Å². The van der Waals surface area contributed by atoms with Gasteiger partial charge in [0.15, 0.2) is 11.6 Å². The third kappa shape index (κ3) is 1.97. The van der Waals surface area contributed by atoms with Gasteiger partial charge in [-0.25, -0.2) is 13.8 Å². The fourth-order valence-corrected chi connectivity index (χ4v) is 1.45. The van der Waals surface area contributed by atoms with Crippen LogP contribution in [0.1, 0.15) is 0 Å². The van der Waals surface area contributed by atoms with Crippen molar-refractivity contribution in [3.63, 3.8) is 0 Å². The molecule has 5 heteroatoms. The van der Waals surface area contributed by atoms with Gasteiger partial charge in [0.2, 0.25) is 0 Å². The number of pyridine rings is 1. The maximum atomic E-state index is 13.4. The van der Waals surface area contributed by atoms with Gasteiger partial charge >= 0.3 is 0 Å². The second-order valence-corrected chi connectivity index (χ2v) is 3.52. The van der Waals surface area contributed by atoms with Gasteiger partial charge in [0, 0.05) is 11.6 Å². The topological polar surface area (TPSA) is 33.1 Å². The smallest absolute Gasteiger partial charge is 0.165 e. The highest BCUT2D eigenvalue weighted by Crippen LogP contribution is 2.27. The summed E-state index contributed by atoms with van der Waals surface area (Å²) < 4.78 is 26.5. The molecule has 0 fully saturated rings. The quantitative estimate of drug-likeness (QED) is 0.777. The van der Waals surface area contributed by atoms with Gasteiger partial charge in [0.1, 0.15) is 11.0 Å². The molecule has 0 atom stereocenters. The number of aromatic hydroxyl groups is 1. The van der Waals surface area contributed by atoms with Crippen LogP contribution >= 0.6 is 11.6 Å². The summed E-state index contributed by atoms with van der Waals surface area (Å²) in [4.78, 5) is 3.85. The molecule has 0 aliphatic heterocycles. The molecule has 0 aliphatic carbocycles. The van der Waals surface area contributed by atoms with Gasteiger partial charge in [-0.1, -0.05) is 17.7 Å². The molecule has 0 saturated heterocycles. The summed E-state index contributed by atoms with van der Waals surface area (Å²) in [7, 11) is 0. The Kier molecular flexibility index (Phi) is 2.75. The van der Waals surface area contributed by atoms with Gasteiger partial charge in [-0.15, -0.1) is 0 Å². The number of hydrogen-bond donors (Lipinski definition) is 1. The maximum absolute atomic E-state index is 13.4. The maximum Gasteiger partial charge on any atom is 0.165 e. The Balaban J connectivity index is 2.60. The largest absolute Gasteiger partial charge is 0.505 e. The Morgan fingerprint density at radius 1 is 1.12 bits per heavy atom. The molecule has 1 aromatic carbocycles. The summed E-state index contributed by atoms with van der Waals surface area (Å²) in [5.74, 6) is -2.39. The molecule has 1 heterocycles. The number of hydrogen-bond acceptors (Lipinski definition) is 2. The van der Waals surface area contributed by atoms with Crippen molar-refractivity contribution < 1.29 is 13.9 Å². The van der Waals surface area contributed by atoms with Gasteiger partial charge in [0.05, 0.1) is 5.69 Å². The van der Waals surface area contributed by atoms with Gasteiger partial charge in [-0.05, 0) is 18.2 Å². The van der Waals surface area contributed by atoms with Crippen LogP contribution < -0.4 is 0 Å². The Hall–Kier alpha value is -1.68. The number of phenolic OH excluding ortho intramolecular Hbond substituents is 1. The monoisotopic (exact) mass is 241 g/mol. The number of rotatable bonds is 1.